The van der Waals surface area contributed by atoms with Gasteiger partial charge in [0.15, 0.2) is 4.96 Å². The predicted octanol–water partition coefficient (Wildman–Crippen LogP) is 4.09. The van der Waals surface area contributed by atoms with Gasteiger partial charge < -0.3 is 0 Å². The van der Waals surface area contributed by atoms with Gasteiger partial charge in [-0.3, -0.25) is 14.1 Å². The minimum atomic E-state index is -0.000188. The van der Waals surface area contributed by atoms with Crippen molar-refractivity contribution in [2.75, 3.05) is 6.54 Å². The molecule has 1 saturated heterocycles. The molecule has 1 atom stereocenters. The van der Waals surface area contributed by atoms with Gasteiger partial charge in [0, 0.05) is 24.2 Å². The number of rotatable bonds is 3. The summed E-state index contributed by atoms with van der Waals surface area (Å²) in [6, 6.07) is 10.3. The third-order valence-corrected chi connectivity index (χ3v) is 6.82. The largest absolute Gasteiger partial charge is 0.288 e. The predicted molar refractivity (Wildman–Crippen MR) is 106 cm³/mol. The number of para-hydroxylation sites is 1. The average molecular weight is 383 g/mol. The molecule has 1 aliphatic rings. The van der Waals surface area contributed by atoms with Crippen molar-refractivity contribution in [3.8, 4) is 0 Å². The zero-order chi connectivity index (χ0) is 17.5. The summed E-state index contributed by atoms with van der Waals surface area (Å²) < 4.78 is 2.85. The van der Waals surface area contributed by atoms with Gasteiger partial charge in [0.25, 0.3) is 5.56 Å². The molecule has 7 heteroatoms. The molecular weight excluding hydrogens is 364 g/mol. The van der Waals surface area contributed by atoms with Crippen LogP contribution < -0.4 is 5.56 Å². The second-order valence-corrected chi connectivity index (χ2v) is 8.58. The molecule has 5 nitrogen and oxygen atoms in total. The summed E-state index contributed by atoms with van der Waals surface area (Å²) in [5.74, 6) is 0. The van der Waals surface area contributed by atoms with Gasteiger partial charge in [0.05, 0.1) is 22.0 Å². The molecule has 1 fully saturated rings. The van der Waals surface area contributed by atoms with Crippen LogP contribution in [0.3, 0.4) is 0 Å². The molecule has 0 radical (unpaired) electrons. The number of fused-ring (bicyclic) bond motifs is 2. The summed E-state index contributed by atoms with van der Waals surface area (Å²) in [6.45, 7) is 1.72. The molecule has 26 heavy (non-hydrogen) atoms. The van der Waals surface area contributed by atoms with Gasteiger partial charge in [0.2, 0.25) is 0 Å². The maximum absolute atomic E-state index is 12.3. The number of hydrogen-bond donors (Lipinski definition) is 0. The Morgan fingerprint density at radius 1 is 1.19 bits per heavy atom. The van der Waals surface area contributed by atoms with Crippen LogP contribution in [0.25, 0.3) is 15.2 Å². The lowest BCUT2D eigenvalue weighted by Crippen LogP contribution is -2.33. The molecule has 4 aromatic rings. The molecule has 1 aromatic carbocycles. The number of piperidine rings is 1. The summed E-state index contributed by atoms with van der Waals surface area (Å²) in [5.41, 5.74) is 1.93. The lowest BCUT2D eigenvalue weighted by molar-refractivity contribution is 0.138. The molecule has 4 heterocycles. The van der Waals surface area contributed by atoms with E-state index in [4.69, 9.17) is 4.98 Å². The Hall–Kier alpha value is -2.09. The first-order valence-electron chi connectivity index (χ1n) is 8.83. The van der Waals surface area contributed by atoms with E-state index >= 15 is 0 Å². The number of hydrogen-bond acceptors (Lipinski definition) is 6. The summed E-state index contributed by atoms with van der Waals surface area (Å²) in [5, 5.41) is 3.08. The highest BCUT2D eigenvalue weighted by molar-refractivity contribution is 7.18. The van der Waals surface area contributed by atoms with Gasteiger partial charge in [0.1, 0.15) is 5.01 Å². The Morgan fingerprint density at radius 3 is 3.04 bits per heavy atom. The molecule has 0 bridgehead atoms. The molecule has 3 aromatic heterocycles. The lowest BCUT2D eigenvalue weighted by atomic mass is 10.0. The fourth-order valence-electron chi connectivity index (χ4n) is 3.67. The van der Waals surface area contributed by atoms with Crippen molar-refractivity contribution in [3.63, 3.8) is 0 Å². The molecule has 5 rings (SSSR count). The zero-order valence-corrected chi connectivity index (χ0v) is 15.8. The Morgan fingerprint density at radius 2 is 2.12 bits per heavy atom. The first-order chi connectivity index (χ1) is 12.8. The zero-order valence-electron chi connectivity index (χ0n) is 14.2. The van der Waals surface area contributed by atoms with Gasteiger partial charge in [-0.05, 0) is 31.5 Å². The topological polar surface area (TPSA) is 50.5 Å². The van der Waals surface area contributed by atoms with Crippen LogP contribution in [-0.4, -0.2) is 25.8 Å². The van der Waals surface area contributed by atoms with E-state index in [1.54, 1.807) is 28.0 Å². The maximum Gasteiger partial charge on any atom is 0.258 e. The molecule has 0 unspecified atom stereocenters. The van der Waals surface area contributed by atoms with Crippen LogP contribution >= 0.6 is 22.7 Å². The fraction of sp³-hybridized carbons (Fsp3) is 0.316. The highest BCUT2D eigenvalue weighted by Crippen LogP contribution is 2.36. The summed E-state index contributed by atoms with van der Waals surface area (Å²) >= 11 is 3.29. The third-order valence-electron chi connectivity index (χ3n) is 4.93. The van der Waals surface area contributed by atoms with E-state index in [0.717, 1.165) is 29.1 Å². The molecule has 0 spiro atoms. The normalized spacial score (nSPS) is 18.7. The minimum Gasteiger partial charge on any atom is -0.288 e. The van der Waals surface area contributed by atoms with Crippen LogP contribution in [0.15, 0.2) is 46.7 Å². The van der Waals surface area contributed by atoms with E-state index < -0.39 is 0 Å². The summed E-state index contributed by atoms with van der Waals surface area (Å²) in [6.07, 6.45) is 5.29. The molecular formula is C19H18N4OS2. The monoisotopic (exact) mass is 382 g/mol. The highest BCUT2D eigenvalue weighted by atomic mass is 32.1. The fourth-order valence-corrected chi connectivity index (χ4v) is 5.55. The van der Waals surface area contributed by atoms with Crippen LogP contribution in [0.5, 0.6) is 0 Å². The van der Waals surface area contributed by atoms with Crippen molar-refractivity contribution in [3.05, 3.63) is 63.0 Å². The van der Waals surface area contributed by atoms with Gasteiger partial charge >= 0.3 is 0 Å². The van der Waals surface area contributed by atoms with Gasteiger partial charge in [-0.15, -0.1) is 22.7 Å². The SMILES string of the molecule is O=c1cc(CN2CCCC[C@H]2c2nc3ccccc3s2)nc2sccn12. The van der Waals surface area contributed by atoms with Gasteiger partial charge in [-0.25, -0.2) is 9.97 Å². The van der Waals surface area contributed by atoms with E-state index in [1.165, 1.54) is 33.9 Å². The number of nitrogens with zero attached hydrogens (tertiary/aromatic N) is 4. The van der Waals surface area contributed by atoms with E-state index in [0.29, 0.717) is 12.6 Å². The van der Waals surface area contributed by atoms with E-state index in [1.807, 2.05) is 11.4 Å². The van der Waals surface area contributed by atoms with Crippen molar-refractivity contribution in [1.29, 1.82) is 0 Å². The van der Waals surface area contributed by atoms with Crippen LogP contribution in [0.4, 0.5) is 0 Å². The quantitative estimate of drug-likeness (QED) is 0.535. The molecule has 0 saturated carbocycles. The number of likely N-dealkylation sites (tertiary alicyclic amines) is 1. The number of benzene rings is 1. The molecule has 0 aliphatic carbocycles. The van der Waals surface area contributed by atoms with Crippen LogP contribution in [0.2, 0.25) is 0 Å². The molecule has 0 N–H and O–H groups in total. The Bertz CT molecular complexity index is 1100. The number of aromatic nitrogens is 3. The van der Waals surface area contributed by atoms with E-state index in [-0.39, 0.29) is 5.56 Å². The van der Waals surface area contributed by atoms with Crippen molar-refractivity contribution in [2.45, 2.75) is 31.8 Å². The maximum atomic E-state index is 12.3. The van der Waals surface area contributed by atoms with Crippen molar-refractivity contribution < 1.29 is 0 Å². The highest BCUT2D eigenvalue weighted by Gasteiger charge is 2.27. The molecule has 0 amide bonds. The first-order valence-corrected chi connectivity index (χ1v) is 10.5. The van der Waals surface area contributed by atoms with Gasteiger partial charge in [-0.2, -0.15) is 0 Å². The number of thiazole rings is 2. The summed E-state index contributed by atoms with van der Waals surface area (Å²) in [7, 11) is 0. The van der Waals surface area contributed by atoms with Crippen LogP contribution in [-0.2, 0) is 6.54 Å². The second kappa shape index (κ2) is 6.57. The smallest absolute Gasteiger partial charge is 0.258 e. The van der Waals surface area contributed by atoms with Gasteiger partial charge in [-0.1, -0.05) is 18.6 Å². The van der Waals surface area contributed by atoms with E-state index in [2.05, 4.69) is 28.1 Å². The van der Waals surface area contributed by atoms with Crippen LogP contribution in [0, 0.1) is 0 Å². The van der Waals surface area contributed by atoms with Crippen LogP contribution in [0.1, 0.15) is 36.0 Å². The Kier molecular flexibility index (Phi) is 4.07. The Balaban J connectivity index is 1.48. The van der Waals surface area contributed by atoms with Crippen molar-refractivity contribution in [2.24, 2.45) is 0 Å². The lowest BCUT2D eigenvalue weighted by Gasteiger charge is -2.34. The van der Waals surface area contributed by atoms with E-state index in [9.17, 15) is 4.79 Å². The van der Waals surface area contributed by atoms with Crippen molar-refractivity contribution >= 4 is 37.9 Å². The first kappa shape index (κ1) is 16.1. The standard InChI is InChI=1S/C19H18N4OS2/c24-17-11-13(20-19-23(17)9-10-25-19)12-22-8-4-3-6-15(22)18-21-14-5-1-2-7-16(14)26-18/h1-2,5,7,9-11,15H,3-4,6,8,12H2/t15-/m0/s1. The second-order valence-electron chi connectivity index (χ2n) is 6.64. The molecule has 132 valence electrons. The molecule has 1 aliphatic heterocycles. The third kappa shape index (κ3) is 2.86. The minimum absolute atomic E-state index is 0.000188. The van der Waals surface area contributed by atoms with Crippen molar-refractivity contribution in [1.82, 2.24) is 19.3 Å². The summed E-state index contributed by atoms with van der Waals surface area (Å²) in [4.78, 5) is 25.0. The Labute approximate surface area is 158 Å². The average Bonchev–Trinajstić information content (AvgIpc) is 3.29.